The van der Waals surface area contributed by atoms with Gasteiger partial charge in [0.25, 0.3) is 0 Å². The quantitative estimate of drug-likeness (QED) is 0.523. The van der Waals surface area contributed by atoms with Crippen molar-refractivity contribution in [3.05, 3.63) is 0 Å². The normalized spacial score (nSPS) is 17.4. The van der Waals surface area contributed by atoms with E-state index < -0.39 is 18.5 Å². The molecule has 4 heteroatoms. The molecule has 0 unspecified atom stereocenters. The number of aliphatic hydroxyl groups is 2. The van der Waals surface area contributed by atoms with Gasteiger partial charge in [-0.25, -0.2) is 0 Å². The Kier molecular flexibility index (Phi) is 4.55. The molecule has 0 radical (unpaired) electrons. The van der Waals surface area contributed by atoms with Gasteiger partial charge in [0.15, 0.2) is 6.29 Å². The van der Waals surface area contributed by atoms with Crippen molar-refractivity contribution in [3.8, 4) is 0 Å². The maximum atomic E-state index is 9.09. The molecule has 0 bridgehead atoms. The van der Waals surface area contributed by atoms with Gasteiger partial charge in [-0.15, -0.1) is 0 Å². The van der Waals surface area contributed by atoms with Gasteiger partial charge >= 0.3 is 0 Å². The molecule has 0 fully saturated rings. The SMILES string of the molecule is COC(OC)[C@H](O)[C@@H](C)O. The molecule has 0 saturated heterocycles. The summed E-state index contributed by atoms with van der Waals surface area (Å²) in [4.78, 5) is 0. The Morgan fingerprint density at radius 3 is 1.60 bits per heavy atom. The van der Waals surface area contributed by atoms with E-state index in [1.165, 1.54) is 21.1 Å². The Morgan fingerprint density at radius 1 is 1.10 bits per heavy atom. The van der Waals surface area contributed by atoms with Crippen LogP contribution in [0.2, 0.25) is 0 Å². The van der Waals surface area contributed by atoms with Gasteiger partial charge in [-0.05, 0) is 6.92 Å². The fraction of sp³-hybridized carbons (Fsp3) is 1.00. The van der Waals surface area contributed by atoms with Gasteiger partial charge in [0.1, 0.15) is 6.10 Å². The Hall–Kier alpha value is -0.160. The summed E-state index contributed by atoms with van der Waals surface area (Å²) < 4.78 is 9.38. The highest BCUT2D eigenvalue weighted by atomic mass is 16.7. The van der Waals surface area contributed by atoms with Crippen molar-refractivity contribution in [2.45, 2.75) is 25.4 Å². The first kappa shape index (κ1) is 9.84. The molecule has 0 aliphatic carbocycles. The van der Waals surface area contributed by atoms with Crippen molar-refractivity contribution < 1.29 is 19.7 Å². The van der Waals surface area contributed by atoms with Gasteiger partial charge in [0.05, 0.1) is 6.10 Å². The number of hydrogen-bond acceptors (Lipinski definition) is 4. The van der Waals surface area contributed by atoms with Gasteiger partial charge in [-0.2, -0.15) is 0 Å². The van der Waals surface area contributed by atoms with Gasteiger partial charge in [0.2, 0.25) is 0 Å². The van der Waals surface area contributed by atoms with Crippen molar-refractivity contribution in [1.29, 1.82) is 0 Å². The van der Waals surface area contributed by atoms with E-state index in [4.69, 9.17) is 19.7 Å². The van der Waals surface area contributed by atoms with Gasteiger partial charge in [0, 0.05) is 14.2 Å². The Balaban J connectivity index is 3.76. The predicted molar refractivity (Wildman–Crippen MR) is 35.5 cm³/mol. The third-order valence-electron chi connectivity index (χ3n) is 1.24. The molecule has 0 aliphatic rings. The van der Waals surface area contributed by atoms with Crippen molar-refractivity contribution in [2.24, 2.45) is 0 Å². The summed E-state index contributed by atoms with van der Waals surface area (Å²) in [5.74, 6) is 0. The fourth-order valence-corrected chi connectivity index (χ4v) is 0.602. The third-order valence-corrected chi connectivity index (χ3v) is 1.24. The minimum absolute atomic E-state index is 0.750. The molecule has 4 nitrogen and oxygen atoms in total. The molecular weight excluding hydrogens is 136 g/mol. The molecule has 10 heavy (non-hydrogen) atoms. The molecule has 0 spiro atoms. The van der Waals surface area contributed by atoms with Crippen molar-refractivity contribution in [1.82, 2.24) is 0 Å². The lowest BCUT2D eigenvalue weighted by Gasteiger charge is -2.21. The summed E-state index contributed by atoms with van der Waals surface area (Å²) in [6, 6.07) is 0. The van der Waals surface area contributed by atoms with Crippen LogP contribution in [0.3, 0.4) is 0 Å². The predicted octanol–water partition coefficient (Wildman–Crippen LogP) is -0.653. The monoisotopic (exact) mass is 150 g/mol. The minimum Gasteiger partial charge on any atom is -0.391 e. The van der Waals surface area contributed by atoms with Gasteiger partial charge in [-0.1, -0.05) is 0 Å². The molecule has 62 valence electrons. The first-order valence-corrected chi connectivity index (χ1v) is 3.05. The maximum Gasteiger partial charge on any atom is 0.185 e. The summed E-state index contributed by atoms with van der Waals surface area (Å²) in [7, 11) is 2.81. The van der Waals surface area contributed by atoms with E-state index in [-0.39, 0.29) is 0 Å². The van der Waals surface area contributed by atoms with Crippen LogP contribution in [0.4, 0.5) is 0 Å². The largest absolute Gasteiger partial charge is 0.391 e. The molecule has 2 N–H and O–H groups in total. The van der Waals surface area contributed by atoms with Crippen LogP contribution in [-0.2, 0) is 9.47 Å². The highest BCUT2D eigenvalue weighted by Crippen LogP contribution is 2.02. The molecule has 0 aromatic rings. The standard InChI is InChI=1S/C6H14O4/c1-4(7)5(8)6(9-2)10-3/h4-8H,1-3H3/t4-,5-/m1/s1. The molecule has 0 saturated carbocycles. The summed E-state index contributed by atoms with van der Waals surface area (Å²) in [6.07, 6.45) is -2.58. The Bertz CT molecular complexity index is 79.8. The molecule has 0 aromatic heterocycles. The second-order valence-electron chi connectivity index (χ2n) is 2.07. The van der Waals surface area contributed by atoms with Crippen molar-refractivity contribution >= 4 is 0 Å². The molecule has 0 amide bonds. The zero-order valence-corrected chi connectivity index (χ0v) is 6.44. The number of hydrogen-bond donors (Lipinski definition) is 2. The molecular formula is C6H14O4. The van der Waals surface area contributed by atoms with E-state index in [0.717, 1.165) is 0 Å². The lowest BCUT2D eigenvalue weighted by atomic mass is 10.2. The third kappa shape index (κ3) is 2.62. The maximum absolute atomic E-state index is 9.09. The van der Waals surface area contributed by atoms with E-state index >= 15 is 0 Å². The minimum atomic E-state index is -0.991. The number of methoxy groups -OCH3 is 2. The van der Waals surface area contributed by atoms with Gasteiger partial charge < -0.3 is 19.7 Å². The lowest BCUT2D eigenvalue weighted by Crippen LogP contribution is -2.37. The molecule has 0 aromatic carbocycles. The van der Waals surface area contributed by atoms with E-state index in [9.17, 15) is 0 Å². The van der Waals surface area contributed by atoms with E-state index in [1.54, 1.807) is 0 Å². The average Bonchev–Trinajstić information content (AvgIpc) is 1.90. The van der Waals surface area contributed by atoms with Crippen LogP contribution in [0.25, 0.3) is 0 Å². The van der Waals surface area contributed by atoms with Crippen molar-refractivity contribution in [2.75, 3.05) is 14.2 Å². The first-order chi connectivity index (χ1) is 4.63. The summed E-state index contributed by atoms with van der Waals surface area (Å²) >= 11 is 0. The summed E-state index contributed by atoms with van der Waals surface area (Å²) in [5, 5.41) is 17.9. The Morgan fingerprint density at radius 2 is 1.50 bits per heavy atom. The van der Waals surface area contributed by atoms with Crippen LogP contribution >= 0.6 is 0 Å². The average molecular weight is 150 g/mol. The highest BCUT2D eigenvalue weighted by molar-refractivity contribution is 4.64. The number of aliphatic hydroxyl groups excluding tert-OH is 2. The molecule has 0 aliphatic heterocycles. The molecule has 0 rings (SSSR count). The topological polar surface area (TPSA) is 58.9 Å². The zero-order chi connectivity index (χ0) is 8.15. The second-order valence-corrected chi connectivity index (χ2v) is 2.07. The van der Waals surface area contributed by atoms with Crippen LogP contribution in [0.1, 0.15) is 6.92 Å². The number of ether oxygens (including phenoxy) is 2. The highest BCUT2D eigenvalue weighted by Gasteiger charge is 2.22. The van der Waals surface area contributed by atoms with Gasteiger partial charge in [-0.3, -0.25) is 0 Å². The number of rotatable bonds is 4. The summed E-state index contributed by atoms with van der Waals surface area (Å²) in [5.41, 5.74) is 0. The summed E-state index contributed by atoms with van der Waals surface area (Å²) in [6.45, 7) is 1.47. The lowest BCUT2D eigenvalue weighted by molar-refractivity contribution is -0.187. The molecule has 0 heterocycles. The van der Waals surface area contributed by atoms with Crippen LogP contribution in [0.5, 0.6) is 0 Å². The van der Waals surface area contributed by atoms with Crippen LogP contribution in [0.15, 0.2) is 0 Å². The van der Waals surface area contributed by atoms with E-state index in [1.807, 2.05) is 0 Å². The Labute approximate surface area is 60.4 Å². The second kappa shape index (κ2) is 4.62. The van der Waals surface area contributed by atoms with E-state index in [2.05, 4.69) is 0 Å². The van der Waals surface area contributed by atoms with Crippen molar-refractivity contribution in [3.63, 3.8) is 0 Å². The molecule has 2 atom stereocenters. The van der Waals surface area contributed by atoms with E-state index in [0.29, 0.717) is 0 Å². The smallest absolute Gasteiger partial charge is 0.185 e. The zero-order valence-electron chi connectivity index (χ0n) is 6.44. The van der Waals surface area contributed by atoms with Crippen LogP contribution < -0.4 is 0 Å². The van der Waals surface area contributed by atoms with Crippen LogP contribution in [-0.4, -0.2) is 42.9 Å². The fourth-order valence-electron chi connectivity index (χ4n) is 0.602. The first-order valence-electron chi connectivity index (χ1n) is 3.05. The van der Waals surface area contributed by atoms with Crippen LogP contribution in [0, 0.1) is 0 Å².